The molecule has 88 heavy (non-hydrogen) atoms. The van der Waals surface area contributed by atoms with Crippen molar-refractivity contribution in [1.29, 1.82) is 0 Å². The Bertz CT molecular complexity index is 2830. The van der Waals surface area contributed by atoms with Gasteiger partial charge in [-0.2, -0.15) is 11.8 Å². The Labute approximate surface area is 510 Å². The Kier molecular flexibility index (Phi) is 30.1. The van der Waals surface area contributed by atoms with Gasteiger partial charge >= 0.3 is 23.9 Å². The van der Waals surface area contributed by atoms with Crippen molar-refractivity contribution in [3.63, 3.8) is 0 Å². The second-order valence-corrected chi connectivity index (χ2v) is 22.1. The number of primary amides is 1. The smallest absolute Gasteiger partial charge is 0.326 e. The second-order valence-electron chi connectivity index (χ2n) is 21.1. The highest BCUT2D eigenvalue weighted by Crippen LogP contribution is 2.20. The summed E-state index contributed by atoms with van der Waals surface area (Å²) >= 11 is 1.24. The molecule has 10 amide bonds. The largest absolute Gasteiger partial charge is 0.508 e. The minimum atomic E-state index is -2.02. The molecule has 0 aliphatic carbocycles. The van der Waals surface area contributed by atoms with Crippen LogP contribution in [0.25, 0.3) is 0 Å². The highest BCUT2D eigenvalue weighted by atomic mass is 32.2. The Hall–Kier alpha value is -9.07. The number of carboxylic acid groups (broad SMARTS) is 4. The van der Waals surface area contributed by atoms with Gasteiger partial charge in [-0.1, -0.05) is 44.5 Å². The van der Waals surface area contributed by atoms with E-state index in [1.807, 2.05) is 0 Å². The summed E-state index contributed by atoms with van der Waals surface area (Å²) in [7, 11) is 0. The van der Waals surface area contributed by atoms with E-state index < -0.39 is 207 Å². The molecule has 0 saturated carbocycles. The SMILES string of the molecule is CC[C@H](C)[C@H](NC(=O)[C@H](CCC(=O)O)NC(=O)[C@H](CCC(=O)O)NC(=O)[C@@H]1CCCN1C(=O)[C@H](C)N)C(=O)N[C@@H](CCSC)C(=O)N[C@@H](Cc1ccc(O)cc1)C(=O)N[C@@H](CC(=O)O)C(=O)N[C@@H](Cc1ccc(O)cc1)C(=O)N[C@@H](CCC(N)=O)C(=O)O. The molecule has 11 atom stereocenters. The van der Waals surface area contributed by atoms with Gasteiger partial charge in [0.25, 0.3) is 0 Å². The molecule has 484 valence electrons. The Morgan fingerprint density at radius 3 is 1.40 bits per heavy atom. The highest BCUT2D eigenvalue weighted by Gasteiger charge is 2.40. The summed E-state index contributed by atoms with van der Waals surface area (Å²) in [4.78, 5) is 186. The Balaban J connectivity index is 1.98. The molecule has 0 spiro atoms. The molecule has 2 aromatic carbocycles. The second kappa shape index (κ2) is 36.2. The zero-order valence-corrected chi connectivity index (χ0v) is 49.8. The van der Waals surface area contributed by atoms with Gasteiger partial charge in [-0.25, -0.2) is 4.79 Å². The zero-order valence-electron chi connectivity index (χ0n) is 49.0. The number of thioether (sulfide) groups is 1. The van der Waals surface area contributed by atoms with Crippen LogP contribution in [0.2, 0.25) is 0 Å². The number of hydrogen-bond acceptors (Lipinski definition) is 18. The minimum absolute atomic E-state index is 0.133. The van der Waals surface area contributed by atoms with Crippen molar-refractivity contribution in [2.24, 2.45) is 17.4 Å². The fourth-order valence-corrected chi connectivity index (χ4v) is 9.54. The Morgan fingerprint density at radius 2 is 0.955 bits per heavy atom. The summed E-state index contributed by atoms with van der Waals surface area (Å²) in [6.07, 6.45) is -2.96. The maximum Gasteiger partial charge on any atom is 0.326 e. The number of aromatic hydroxyl groups is 2. The van der Waals surface area contributed by atoms with Gasteiger partial charge < -0.3 is 89.5 Å². The molecular formula is C56H79N11O20S. The number of carbonyl (C=O) groups excluding carboxylic acids is 10. The lowest BCUT2D eigenvalue weighted by atomic mass is 9.96. The molecule has 0 radical (unpaired) electrons. The molecule has 1 aliphatic rings. The summed E-state index contributed by atoms with van der Waals surface area (Å²) in [5.41, 5.74) is 11.6. The fourth-order valence-electron chi connectivity index (χ4n) is 9.07. The summed E-state index contributed by atoms with van der Waals surface area (Å²) in [6, 6.07) is -5.06. The predicted molar refractivity (Wildman–Crippen MR) is 312 cm³/mol. The van der Waals surface area contributed by atoms with Crippen molar-refractivity contribution in [1.82, 2.24) is 47.4 Å². The maximum atomic E-state index is 14.5. The van der Waals surface area contributed by atoms with Crippen LogP contribution in [0.3, 0.4) is 0 Å². The van der Waals surface area contributed by atoms with Crippen molar-refractivity contribution >= 4 is 94.7 Å². The summed E-state index contributed by atoms with van der Waals surface area (Å²) in [6.45, 7) is 4.80. The van der Waals surface area contributed by atoms with E-state index in [-0.39, 0.29) is 43.1 Å². The molecular weight excluding hydrogens is 1180 g/mol. The van der Waals surface area contributed by atoms with Gasteiger partial charge in [-0.3, -0.25) is 62.3 Å². The van der Waals surface area contributed by atoms with Crippen LogP contribution >= 0.6 is 11.8 Å². The van der Waals surface area contributed by atoms with Crippen molar-refractivity contribution in [2.75, 3.05) is 18.6 Å². The van der Waals surface area contributed by atoms with E-state index in [0.717, 1.165) is 0 Å². The number of carboxylic acids is 4. The van der Waals surface area contributed by atoms with Gasteiger partial charge in [0.05, 0.1) is 12.5 Å². The number of likely N-dealkylation sites (tertiary alicyclic amines) is 1. The molecule has 0 aromatic heterocycles. The van der Waals surface area contributed by atoms with Gasteiger partial charge in [0.2, 0.25) is 59.1 Å². The first kappa shape index (κ1) is 73.2. The lowest BCUT2D eigenvalue weighted by Crippen LogP contribution is -2.61. The lowest BCUT2D eigenvalue weighted by Gasteiger charge is -2.30. The molecule has 0 bridgehead atoms. The van der Waals surface area contributed by atoms with Gasteiger partial charge in [0.1, 0.15) is 65.9 Å². The number of hydrogen-bond donors (Lipinski definition) is 16. The number of nitrogens with zero attached hydrogens (tertiary/aromatic N) is 1. The minimum Gasteiger partial charge on any atom is -0.508 e. The highest BCUT2D eigenvalue weighted by molar-refractivity contribution is 7.98. The third-order valence-corrected chi connectivity index (χ3v) is 14.8. The van der Waals surface area contributed by atoms with E-state index in [1.165, 1.54) is 72.1 Å². The van der Waals surface area contributed by atoms with E-state index in [0.29, 0.717) is 17.5 Å². The maximum absolute atomic E-state index is 14.5. The standard InChI is InChI=1S/C56H79N11O20S/c1-5-28(2)46(66-49(79)35(18-21-44(73)74)59-47(77)34(17-20-43(71)72)60-53(83)41-7-6-23-67(41)55(85)29(3)57)54(84)61-36(22-24-88-4)48(78)63-39(26-31-10-14-33(69)15-11-31)51(81)65-40(27-45(75)76)52(82)64-38(25-30-8-12-32(68)13-9-30)50(80)62-37(56(86)87)16-19-42(58)70/h8-15,28-29,34-41,46,68-69H,5-7,16-27,57H2,1-4H3,(H2,58,70)(H,59,77)(H,60,83)(H,61,84)(H,62,80)(H,63,78)(H,64,82)(H,65,81)(H,66,79)(H,71,72)(H,73,74)(H,75,76)(H,86,87)/t28-,29-,34-,35-,36-,37-,38-,39-,40-,41-,46-/m0/s1. The molecule has 31 nitrogen and oxygen atoms in total. The van der Waals surface area contributed by atoms with Gasteiger partial charge in [0.15, 0.2) is 0 Å². The average molecular weight is 1260 g/mol. The van der Waals surface area contributed by atoms with Crippen LogP contribution in [-0.4, -0.2) is 197 Å². The van der Waals surface area contributed by atoms with Crippen LogP contribution in [0.15, 0.2) is 48.5 Å². The van der Waals surface area contributed by atoms with E-state index in [1.54, 1.807) is 20.1 Å². The molecule has 1 fully saturated rings. The number of rotatable bonds is 38. The number of benzene rings is 2. The first-order valence-electron chi connectivity index (χ1n) is 28.1. The normalized spacial score (nSPS) is 16.1. The number of nitrogens with one attached hydrogen (secondary N) is 8. The van der Waals surface area contributed by atoms with Crippen LogP contribution in [0.4, 0.5) is 0 Å². The molecule has 1 heterocycles. The average Bonchev–Trinajstić information content (AvgIpc) is 3.54. The van der Waals surface area contributed by atoms with Crippen LogP contribution in [0, 0.1) is 5.92 Å². The van der Waals surface area contributed by atoms with Crippen molar-refractivity contribution in [3.8, 4) is 11.5 Å². The quantitative estimate of drug-likeness (QED) is 0.0329. The number of phenolic OH excluding ortho intramolecular Hbond substituents is 2. The summed E-state index contributed by atoms with van der Waals surface area (Å²) in [5, 5.41) is 78.1. The van der Waals surface area contributed by atoms with E-state index in [2.05, 4.69) is 42.5 Å². The lowest BCUT2D eigenvalue weighted by molar-refractivity contribution is -0.143. The van der Waals surface area contributed by atoms with Gasteiger partial charge in [0, 0.05) is 38.6 Å². The summed E-state index contributed by atoms with van der Waals surface area (Å²) < 4.78 is 0. The number of amides is 10. The third kappa shape index (κ3) is 24.7. The third-order valence-electron chi connectivity index (χ3n) is 14.1. The predicted octanol–water partition coefficient (Wildman–Crippen LogP) is -2.55. The first-order chi connectivity index (χ1) is 41.4. The van der Waals surface area contributed by atoms with E-state index >= 15 is 0 Å². The number of nitrogens with two attached hydrogens (primary N) is 2. The van der Waals surface area contributed by atoms with E-state index in [4.69, 9.17) is 11.5 Å². The van der Waals surface area contributed by atoms with Crippen LogP contribution < -0.4 is 54.0 Å². The molecule has 32 heteroatoms. The first-order valence-corrected chi connectivity index (χ1v) is 29.5. The number of phenols is 2. The van der Waals surface area contributed by atoms with Crippen LogP contribution in [-0.2, 0) is 80.0 Å². The fraction of sp³-hybridized carbons (Fsp3) is 0.536. The van der Waals surface area contributed by atoms with Crippen molar-refractivity contribution in [2.45, 2.75) is 165 Å². The number of aliphatic carboxylic acids is 4. The topological polar surface area (TPSA) is 512 Å². The van der Waals surface area contributed by atoms with Crippen molar-refractivity contribution < 1.29 is 97.8 Å². The monoisotopic (exact) mass is 1260 g/mol. The molecule has 3 rings (SSSR count). The molecule has 1 saturated heterocycles. The molecule has 0 unspecified atom stereocenters. The molecule has 2 aromatic rings. The van der Waals surface area contributed by atoms with Gasteiger partial charge in [-0.05, 0) is 98.8 Å². The summed E-state index contributed by atoms with van der Waals surface area (Å²) in [5.74, 6) is -16.9. The number of carbonyl (C=O) groups is 14. The zero-order chi connectivity index (χ0) is 65.9. The van der Waals surface area contributed by atoms with Gasteiger partial charge in [-0.15, -0.1) is 0 Å². The van der Waals surface area contributed by atoms with Crippen LogP contribution in [0.1, 0.15) is 103 Å². The molecule has 18 N–H and O–H groups in total. The van der Waals surface area contributed by atoms with Crippen LogP contribution in [0.5, 0.6) is 11.5 Å². The van der Waals surface area contributed by atoms with E-state index in [9.17, 15) is 97.8 Å². The van der Waals surface area contributed by atoms with Crippen molar-refractivity contribution in [3.05, 3.63) is 59.7 Å². The molecule has 1 aliphatic heterocycles. The Morgan fingerprint density at radius 1 is 0.545 bits per heavy atom.